The van der Waals surface area contributed by atoms with Crippen molar-refractivity contribution in [1.82, 2.24) is 0 Å². The molecule has 0 saturated carbocycles. The van der Waals surface area contributed by atoms with Gasteiger partial charge in [-0.3, -0.25) is 4.79 Å². The van der Waals surface area contributed by atoms with Gasteiger partial charge >= 0.3 is 0 Å². The van der Waals surface area contributed by atoms with Gasteiger partial charge in [0.05, 0.1) is 22.9 Å². The number of hydrogen-bond acceptors (Lipinski definition) is 4. The molecule has 0 aromatic heterocycles. The summed E-state index contributed by atoms with van der Waals surface area (Å²) < 4.78 is 6.07. The molecule has 0 spiro atoms. The Hall–Kier alpha value is -0.970. The summed E-state index contributed by atoms with van der Waals surface area (Å²) in [6, 6.07) is 0. The molecule has 1 heterocycles. The van der Waals surface area contributed by atoms with Gasteiger partial charge in [0.1, 0.15) is 5.78 Å². The molecule has 0 aliphatic carbocycles. The molecule has 1 aliphatic rings. The van der Waals surface area contributed by atoms with E-state index in [4.69, 9.17) is 4.74 Å². The molecule has 0 unspecified atom stereocenters. The fraction of sp³-hybridized carbons (Fsp3) is 0.750. The van der Waals surface area contributed by atoms with Gasteiger partial charge in [-0.25, -0.2) is 0 Å². The van der Waals surface area contributed by atoms with Crippen LogP contribution in [0.1, 0.15) is 66.7 Å². The minimum atomic E-state index is -1.15. The number of aliphatic hydroxyl groups is 2. The molecule has 4 heteroatoms. The van der Waals surface area contributed by atoms with Crippen molar-refractivity contribution in [2.24, 2.45) is 5.92 Å². The Balaban J connectivity index is 2.64. The molecule has 138 valence electrons. The van der Waals surface area contributed by atoms with Gasteiger partial charge in [-0.1, -0.05) is 32.1 Å². The van der Waals surface area contributed by atoms with Crippen LogP contribution in [-0.2, 0) is 9.53 Å². The van der Waals surface area contributed by atoms with Gasteiger partial charge < -0.3 is 14.9 Å². The fourth-order valence-corrected chi connectivity index (χ4v) is 3.09. The van der Waals surface area contributed by atoms with E-state index in [1.54, 1.807) is 13.8 Å². The van der Waals surface area contributed by atoms with E-state index in [1.165, 1.54) is 6.08 Å². The van der Waals surface area contributed by atoms with Crippen LogP contribution in [0.2, 0.25) is 0 Å². The number of ketones is 1. The van der Waals surface area contributed by atoms with Crippen LogP contribution in [0.4, 0.5) is 0 Å². The lowest BCUT2D eigenvalue weighted by Crippen LogP contribution is -2.42. The van der Waals surface area contributed by atoms with Crippen LogP contribution in [0.25, 0.3) is 0 Å². The number of Topliss-reactive ketones (excluding diaryl/α,β-unsaturated/α-hetero) is 1. The summed E-state index contributed by atoms with van der Waals surface area (Å²) in [6.45, 7) is 13.0. The topological polar surface area (TPSA) is 66.8 Å². The average molecular weight is 338 g/mol. The minimum absolute atomic E-state index is 0.0739. The van der Waals surface area contributed by atoms with Gasteiger partial charge in [-0.15, -0.1) is 6.58 Å². The summed E-state index contributed by atoms with van der Waals surface area (Å²) in [5.41, 5.74) is -2.56. The molecule has 0 radical (unpaired) electrons. The highest BCUT2D eigenvalue weighted by atomic mass is 16.5. The van der Waals surface area contributed by atoms with Crippen molar-refractivity contribution in [3.05, 3.63) is 24.8 Å². The molecule has 0 aromatic carbocycles. The molecule has 0 aromatic rings. The Kier molecular flexibility index (Phi) is 6.97. The third kappa shape index (κ3) is 6.50. The maximum Gasteiger partial charge on any atom is 0.136 e. The van der Waals surface area contributed by atoms with Crippen LogP contribution < -0.4 is 0 Å². The number of hydrogen-bond donors (Lipinski definition) is 2. The van der Waals surface area contributed by atoms with Crippen LogP contribution in [0.5, 0.6) is 0 Å². The van der Waals surface area contributed by atoms with Gasteiger partial charge in [0.15, 0.2) is 0 Å². The lowest BCUT2D eigenvalue weighted by molar-refractivity contribution is -0.138. The molecular formula is C20H34O4. The smallest absolute Gasteiger partial charge is 0.136 e. The quantitative estimate of drug-likeness (QED) is 0.631. The summed E-state index contributed by atoms with van der Waals surface area (Å²) in [5.74, 6) is 0.369. The molecule has 4 nitrogen and oxygen atoms in total. The Morgan fingerprint density at radius 2 is 2.04 bits per heavy atom. The monoisotopic (exact) mass is 338 g/mol. The Labute approximate surface area is 146 Å². The number of carbonyl (C=O) groups is 1. The van der Waals surface area contributed by atoms with Gasteiger partial charge in [0, 0.05) is 12.8 Å². The van der Waals surface area contributed by atoms with Crippen LogP contribution in [-0.4, -0.2) is 38.9 Å². The molecule has 0 amide bonds. The Morgan fingerprint density at radius 3 is 2.58 bits per heavy atom. The average Bonchev–Trinajstić information content (AvgIpc) is 2.80. The van der Waals surface area contributed by atoms with Crippen LogP contribution in [0.3, 0.4) is 0 Å². The molecule has 2 N–H and O–H groups in total. The zero-order chi connectivity index (χ0) is 18.6. The highest BCUT2D eigenvalue weighted by Crippen LogP contribution is 2.38. The largest absolute Gasteiger partial charge is 0.387 e. The summed E-state index contributed by atoms with van der Waals surface area (Å²) in [7, 11) is 0. The lowest BCUT2D eigenvalue weighted by atomic mass is 9.88. The molecule has 4 atom stereocenters. The highest BCUT2D eigenvalue weighted by Gasteiger charge is 2.44. The summed E-state index contributed by atoms with van der Waals surface area (Å²) in [5, 5.41) is 20.6. The molecule has 1 saturated heterocycles. The zero-order valence-electron chi connectivity index (χ0n) is 15.8. The van der Waals surface area contributed by atoms with Crippen LogP contribution >= 0.6 is 0 Å². The van der Waals surface area contributed by atoms with E-state index in [0.717, 1.165) is 6.42 Å². The molecule has 0 bridgehead atoms. The van der Waals surface area contributed by atoms with E-state index in [2.05, 4.69) is 6.58 Å². The van der Waals surface area contributed by atoms with Crippen LogP contribution in [0.15, 0.2) is 24.8 Å². The van der Waals surface area contributed by atoms with E-state index < -0.39 is 16.8 Å². The van der Waals surface area contributed by atoms with Crippen LogP contribution in [0, 0.1) is 5.92 Å². The number of rotatable bonds is 9. The van der Waals surface area contributed by atoms with Gasteiger partial charge in [-0.2, -0.15) is 0 Å². The minimum Gasteiger partial charge on any atom is -0.387 e. The van der Waals surface area contributed by atoms with Gasteiger partial charge in [0.25, 0.3) is 0 Å². The van der Waals surface area contributed by atoms with Crippen molar-refractivity contribution in [2.45, 2.75) is 89.6 Å². The SMILES string of the molecule is C=C[C@@](C)(O)CC=C[C@@]1(C)CC[C@@H]([C@@](C)(O)CC(=O)CC(C)C)O1. The molecular weight excluding hydrogens is 304 g/mol. The van der Waals surface area contributed by atoms with E-state index in [1.807, 2.05) is 32.9 Å². The number of ether oxygens (including phenoxy) is 1. The van der Waals surface area contributed by atoms with Crippen molar-refractivity contribution in [3.8, 4) is 0 Å². The van der Waals surface area contributed by atoms with E-state index in [9.17, 15) is 15.0 Å². The summed E-state index contributed by atoms with van der Waals surface area (Å²) in [6.07, 6.45) is 7.55. The van der Waals surface area contributed by atoms with Crippen molar-refractivity contribution >= 4 is 5.78 Å². The molecule has 1 fully saturated rings. The Morgan fingerprint density at radius 1 is 1.42 bits per heavy atom. The predicted molar refractivity (Wildman–Crippen MR) is 96.8 cm³/mol. The second kappa shape index (κ2) is 7.94. The third-order valence-corrected chi connectivity index (χ3v) is 4.64. The molecule has 24 heavy (non-hydrogen) atoms. The molecule has 1 rings (SSSR count). The maximum atomic E-state index is 12.0. The Bertz CT molecular complexity index is 476. The van der Waals surface area contributed by atoms with E-state index in [0.29, 0.717) is 25.2 Å². The van der Waals surface area contributed by atoms with Crippen molar-refractivity contribution in [1.29, 1.82) is 0 Å². The van der Waals surface area contributed by atoms with Gasteiger partial charge in [0.2, 0.25) is 0 Å². The first kappa shape index (κ1) is 21.1. The van der Waals surface area contributed by atoms with Crippen molar-refractivity contribution in [3.63, 3.8) is 0 Å². The van der Waals surface area contributed by atoms with Crippen molar-refractivity contribution in [2.75, 3.05) is 0 Å². The first-order valence-corrected chi connectivity index (χ1v) is 8.85. The summed E-state index contributed by atoms with van der Waals surface area (Å²) >= 11 is 0. The van der Waals surface area contributed by atoms with E-state index >= 15 is 0 Å². The first-order chi connectivity index (χ1) is 10.9. The highest BCUT2D eigenvalue weighted by molar-refractivity contribution is 5.79. The predicted octanol–water partition coefficient (Wildman–Crippen LogP) is 3.56. The second-order valence-corrected chi connectivity index (χ2v) is 8.30. The zero-order valence-corrected chi connectivity index (χ0v) is 15.8. The normalized spacial score (nSPS) is 29.6. The maximum absolute atomic E-state index is 12.0. The second-order valence-electron chi connectivity index (χ2n) is 8.30. The lowest BCUT2D eigenvalue weighted by Gasteiger charge is -2.31. The van der Waals surface area contributed by atoms with E-state index in [-0.39, 0.29) is 18.3 Å². The third-order valence-electron chi connectivity index (χ3n) is 4.64. The fourth-order valence-electron chi connectivity index (χ4n) is 3.09. The standard InChI is InChI=1S/C20H34O4/c1-7-18(4,22)10-8-11-19(5)12-9-17(24-19)20(6,23)14-16(21)13-15(2)3/h7-8,11,15,17,22-23H,1,9-10,12-14H2,2-6H3/t17-,18+,19-,20-/m0/s1. The van der Waals surface area contributed by atoms with Crippen molar-refractivity contribution < 1.29 is 19.7 Å². The molecule has 1 aliphatic heterocycles. The number of carbonyl (C=O) groups excluding carboxylic acids is 1. The van der Waals surface area contributed by atoms with Gasteiger partial charge in [-0.05, 0) is 46.0 Å². The summed E-state index contributed by atoms with van der Waals surface area (Å²) in [4.78, 5) is 12.0. The first-order valence-electron chi connectivity index (χ1n) is 8.85.